The maximum atomic E-state index is 12.4. The van der Waals surface area contributed by atoms with Gasteiger partial charge < -0.3 is 14.8 Å². The SMILES string of the molecule is O=C1O[C@H](C(=O)NCc2ccccc2)[C@@]23C=C[C@@H](C=C12)O3. The number of esters is 1. The minimum Gasteiger partial charge on any atom is -0.445 e. The molecule has 2 bridgehead atoms. The second-order valence-corrected chi connectivity index (χ2v) is 5.30. The van der Waals surface area contributed by atoms with Gasteiger partial charge in [0, 0.05) is 6.54 Å². The summed E-state index contributed by atoms with van der Waals surface area (Å²) in [7, 11) is 0. The summed E-state index contributed by atoms with van der Waals surface area (Å²) in [6.07, 6.45) is 4.13. The number of cyclic esters (lactones) is 1. The number of carbonyl (C=O) groups excluding carboxylic acids is 2. The van der Waals surface area contributed by atoms with Crippen molar-refractivity contribution >= 4 is 11.9 Å². The Morgan fingerprint density at radius 3 is 2.86 bits per heavy atom. The van der Waals surface area contributed by atoms with E-state index in [2.05, 4.69) is 5.32 Å². The lowest BCUT2D eigenvalue weighted by Gasteiger charge is -2.24. The molecular formula is C16H13NO4. The van der Waals surface area contributed by atoms with Gasteiger partial charge in [-0.15, -0.1) is 0 Å². The smallest absolute Gasteiger partial charge is 0.338 e. The first-order valence-corrected chi connectivity index (χ1v) is 6.81. The van der Waals surface area contributed by atoms with Gasteiger partial charge in [-0.25, -0.2) is 4.79 Å². The summed E-state index contributed by atoms with van der Waals surface area (Å²) in [6, 6.07) is 9.56. The van der Waals surface area contributed by atoms with Gasteiger partial charge in [-0.3, -0.25) is 4.79 Å². The predicted octanol–water partition coefficient (Wildman–Crippen LogP) is 0.862. The number of hydrogen-bond donors (Lipinski definition) is 1. The second kappa shape index (κ2) is 4.30. The third-order valence-corrected chi connectivity index (χ3v) is 4.00. The Balaban J connectivity index is 1.52. The summed E-state index contributed by atoms with van der Waals surface area (Å²) < 4.78 is 10.9. The molecule has 106 valence electrons. The summed E-state index contributed by atoms with van der Waals surface area (Å²) in [5.74, 6) is -0.815. The minimum atomic E-state index is -1.03. The number of hydrogen-bond acceptors (Lipinski definition) is 4. The van der Waals surface area contributed by atoms with E-state index >= 15 is 0 Å². The molecule has 1 aromatic carbocycles. The van der Waals surface area contributed by atoms with Gasteiger partial charge in [0.25, 0.3) is 5.91 Å². The molecule has 1 aromatic rings. The molecule has 1 amide bonds. The third kappa shape index (κ3) is 1.74. The number of fused-ring (bicyclic) bond motifs is 1. The van der Waals surface area contributed by atoms with E-state index in [-0.39, 0.29) is 12.0 Å². The van der Waals surface area contributed by atoms with E-state index in [9.17, 15) is 9.59 Å². The van der Waals surface area contributed by atoms with E-state index in [1.54, 1.807) is 12.2 Å². The van der Waals surface area contributed by atoms with E-state index in [4.69, 9.17) is 9.47 Å². The van der Waals surface area contributed by atoms with Crippen LogP contribution in [0.5, 0.6) is 0 Å². The number of amides is 1. The summed E-state index contributed by atoms with van der Waals surface area (Å²) in [5, 5.41) is 2.79. The van der Waals surface area contributed by atoms with Crippen molar-refractivity contribution in [2.24, 2.45) is 0 Å². The van der Waals surface area contributed by atoms with E-state index in [1.165, 1.54) is 0 Å². The Morgan fingerprint density at radius 2 is 2.10 bits per heavy atom. The highest BCUT2D eigenvalue weighted by Gasteiger charge is 2.62. The fraction of sp³-hybridized carbons (Fsp3) is 0.250. The van der Waals surface area contributed by atoms with Crippen LogP contribution in [-0.4, -0.2) is 29.7 Å². The van der Waals surface area contributed by atoms with Crippen LogP contribution in [0.3, 0.4) is 0 Å². The molecule has 1 N–H and O–H groups in total. The lowest BCUT2D eigenvalue weighted by atomic mass is 9.88. The average Bonchev–Trinajstić information content (AvgIpc) is 3.16. The van der Waals surface area contributed by atoms with Gasteiger partial charge >= 0.3 is 5.97 Å². The lowest BCUT2D eigenvalue weighted by Crippen LogP contribution is -2.47. The maximum Gasteiger partial charge on any atom is 0.338 e. The number of nitrogens with one attached hydrogen (secondary N) is 1. The number of ether oxygens (including phenoxy) is 2. The zero-order chi connectivity index (χ0) is 14.4. The van der Waals surface area contributed by atoms with Crippen LogP contribution in [-0.2, 0) is 25.6 Å². The molecule has 21 heavy (non-hydrogen) atoms. The number of benzene rings is 1. The molecule has 1 fully saturated rings. The quantitative estimate of drug-likeness (QED) is 0.660. The summed E-state index contributed by atoms with van der Waals surface area (Å²) in [6.45, 7) is 0.385. The highest BCUT2D eigenvalue weighted by Crippen LogP contribution is 2.46. The van der Waals surface area contributed by atoms with Gasteiger partial charge in [-0.1, -0.05) is 36.4 Å². The second-order valence-electron chi connectivity index (χ2n) is 5.30. The fourth-order valence-corrected chi connectivity index (χ4v) is 2.98. The highest BCUT2D eigenvalue weighted by atomic mass is 16.6. The van der Waals surface area contributed by atoms with Crippen molar-refractivity contribution in [2.75, 3.05) is 0 Å². The van der Waals surface area contributed by atoms with Crippen molar-refractivity contribution in [1.82, 2.24) is 5.32 Å². The summed E-state index contributed by atoms with van der Waals surface area (Å²) >= 11 is 0. The highest BCUT2D eigenvalue weighted by molar-refractivity contribution is 6.02. The Labute approximate surface area is 121 Å². The molecule has 3 heterocycles. The van der Waals surface area contributed by atoms with Crippen molar-refractivity contribution in [3.8, 4) is 0 Å². The Hall–Kier alpha value is -2.40. The molecule has 0 unspecified atom stereocenters. The Bertz CT molecular complexity index is 679. The average molecular weight is 283 g/mol. The largest absolute Gasteiger partial charge is 0.445 e. The maximum absolute atomic E-state index is 12.4. The van der Waals surface area contributed by atoms with Crippen LogP contribution in [0.15, 0.2) is 54.1 Å². The van der Waals surface area contributed by atoms with Crippen LogP contribution >= 0.6 is 0 Å². The van der Waals surface area contributed by atoms with Gasteiger partial charge in [0.05, 0.1) is 11.7 Å². The first-order valence-electron chi connectivity index (χ1n) is 6.81. The molecule has 4 rings (SSSR count). The van der Waals surface area contributed by atoms with E-state index < -0.39 is 17.7 Å². The van der Waals surface area contributed by atoms with Crippen molar-refractivity contribution in [3.05, 3.63) is 59.7 Å². The monoisotopic (exact) mass is 283 g/mol. The molecule has 3 atom stereocenters. The van der Waals surface area contributed by atoms with Gasteiger partial charge in [0.15, 0.2) is 5.60 Å². The van der Waals surface area contributed by atoms with Crippen molar-refractivity contribution < 1.29 is 19.1 Å². The molecule has 0 saturated carbocycles. The topological polar surface area (TPSA) is 64.6 Å². The Morgan fingerprint density at radius 1 is 1.29 bits per heavy atom. The lowest BCUT2D eigenvalue weighted by molar-refractivity contribution is -0.152. The molecule has 5 heteroatoms. The predicted molar refractivity (Wildman–Crippen MR) is 73.0 cm³/mol. The zero-order valence-corrected chi connectivity index (χ0v) is 11.1. The molecule has 0 radical (unpaired) electrons. The number of carbonyl (C=O) groups is 2. The van der Waals surface area contributed by atoms with Crippen molar-refractivity contribution in [3.63, 3.8) is 0 Å². The molecule has 5 nitrogen and oxygen atoms in total. The minimum absolute atomic E-state index is 0.225. The summed E-state index contributed by atoms with van der Waals surface area (Å²) in [4.78, 5) is 24.2. The van der Waals surface area contributed by atoms with Crippen LogP contribution in [0.4, 0.5) is 0 Å². The molecule has 1 saturated heterocycles. The molecule has 1 spiro atoms. The molecular weight excluding hydrogens is 270 g/mol. The first kappa shape index (κ1) is 12.3. The van der Waals surface area contributed by atoms with Crippen LogP contribution in [0.1, 0.15) is 5.56 Å². The van der Waals surface area contributed by atoms with E-state index in [0.717, 1.165) is 5.56 Å². The third-order valence-electron chi connectivity index (χ3n) is 4.00. The zero-order valence-electron chi connectivity index (χ0n) is 11.1. The fourth-order valence-electron chi connectivity index (χ4n) is 2.98. The van der Waals surface area contributed by atoms with Gasteiger partial charge in [0.1, 0.15) is 0 Å². The molecule has 0 aliphatic carbocycles. The summed E-state index contributed by atoms with van der Waals surface area (Å²) in [5.41, 5.74) is 0.396. The normalized spacial score (nSPS) is 31.8. The first-order chi connectivity index (χ1) is 10.2. The van der Waals surface area contributed by atoms with E-state index in [1.807, 2.05) is 36.4 Å². The van der Waals surface area contributed by atoms with Crippen molar-refractivity contribution in [2.45, 2.75) is 24.4 Å². The van der Waals surface area contributed by atoms with E-state index in [0.29, 0.717) is 12.1 Å². The van der Waals surface area contributed by atoms with Crippen molar-refractivity contribution in [1.29, 1.82) is 0 Å². The van der Waals surface area contributed by atoms with Gasteiger partial charge in [0.2, 0.25) is 6.10 Å². The molecule has 3 aliphatic rings. The van der Waals surface area contributed by atoms with Crippen LogP contribution < -0.4 is 5.32 Å². The van der Waals surface area contributed by atoms with Crippen LogP contribution in [0.2, 0.25) is 0 Å². The van der Waals surface area contributed by atoms with Gasteiger partial charge in [-0.2, -0.15) is 0 Å². The van der Waals surface area contributed by atoms with Gasteiger partial charge in [-0.05, 0) is 17.7 Å². The standard InChI is InChI=1S/C16H13NO4/c18-14(17-9-10-4-2-1-3-5-10)13-16-7-6-11(21-16)8-12(16)15(19)20-13/h1-8,11,13H,9H2,(H,17,18)/t11-,13+,16+/m0/s1. The van der Waals surface area contributed by atoms with Crippen LogP contribution in [0, 0.1) is 0 Å². The Kier molecular flexibility index (Phi) is 2.53. The number of rotatable bonds is 3. The molecule has 0 aromatic heterocycles. The molecule has 3 aliphatic heterocycles. The van der Waals surface area contributed by atoms with Crippen LogP contribution in [0.25, 0.3) is 0 Å².